The van der Waals surface area contributed by atoms with Gasteiger partial charge in [-0.1, -0.05) is 11.2 Å². The number of ether oxygens (including phenoxy) is 1. The number of rotatable bonds is 5. The molecule has 3 aromatic heterocycles. The molecule has 0 spiro atoms. The maximum atomic E-state index is 13.4. The van der Waals surface area contributed by atoms with Gasteiger partial charge in [-0.2, -0.15) is 5.10 Å². The SMILES string of the molecule is Cc1noc(C)c1-c1cc(-c2nc[nH]n2)c2c(c1)c1ccc(C(=O)N3CCOCC3)cc1n2CC1CC1. The molecule has 2 aliphatic rings. The first-order chi connectivity index (χ1) is 18.1. The smallest absolute Gasteiger partial charge is 0.254 e. The summed E-state index contributed by atoms with van der Waals surface area (Å²) in [6.45, 7) is 7.21. The lowest BCUT2D eigenvalue weighted by Crippen LogP contribution is -2.40. The molecule has 37 heavy (non-hydrogen) atoms. The van der Waals surface area contributed by atoms with Gasteiger partial charge in [0, 0.05) is 52.6 Å². The molecule has 2 fully saturated rings. The van der Waals surface area contributed by atoms with E-state index in [4.69, 9.17) is 9.26 Å². The Balaban J connectivity index is 1.49. The van der Waals surface area contributed by atoms with Crippen molar-refractivity contribution in [3.05, 3.63) is 53.7 Å². The second-order valence-electron chi connectivity index (χ2n) is 10.1. The molecule has 2 aromatic carbocycles. The van der Waals surface area contributed by atoms with Crippen LogP contribution in [0.4, 0.5) is 0 Å². The third-order valence-corrected chi connectivity index (χ3v) is 7.62. The van der Waals surface area contributed by atoms with Crippen LogP contribution in [0, 0.1) is 19.8 Å². The van der Waals surface area contributed by atoms with E-state index in [2.05, 4.69) is 49.2 Å². The fourth-order valence-corrected chi connectivity index (χ4v) is 5.61. The zero-order chi connectivity index (χ0) is 25.1. The molecule has 1 aliphatic heterocycles. The van der Waals surface area contributed by atoms with Crippen molar-refractivity contribution in [2.24, 2.45) is 5.92 Å². The van der Waals surface area contributed by atoms with Gasteiger partial charge in [-0.05, 0) is 62.4 Å². The molecule has 5 aromatic rings. The average Bonchev–Trinajstić information content (AvgIpc) is 3.30. The molecule has 1 aliphatic carbocycles. The monoisotopic (exact) mass is 496 g/mol. The highest BCUT2D eigenvalue weighted by Crippen LogP contribution is 2.42. The number of benzene rings is 2. The molecule has 0 bridgehead atoms. The van der Waals surface area contributed by atoms with E-state index < -0.39 is 0 Å². The zero-order valence-electron chi connectivity index (χ0n) is 21.0. The summed E-state index contributed by atoms with van der Waals surface area (Å²) in [5, 5.41) is 13.7. The largest absolute Gasteiger partial charge is 0.378 e. The molecule has 9 heteroatoms. The van der Waals surface area contributed by atoms with Crippen LogP contribution in [0.15, 0.2) is 41.2 Å². The third kappa shape index (κ3) is 3.72. The number of aryl methyl sites for hydroxylation is 2. The Kier molecular flexibility index (Phi) is 5.14. The minimum absolute atomic E-state index is 0.0547. The molecule has 1 N–H and O–H groups in total. The van der Waals surface area contributed by atoms with Crippen LogP contribution >= 0.6 is 0 Å². The molecule has 0 atom stereocenters. The van der Waals surface area contributed by atoms with Crippen LogP contribution < -0.4 is 0 Å². The molecular formula is C28H28N6O3. The predicted molar refractivity (Wildman–Crippen MR) is 139 cm³/mol. The highest BCUT2D eigenvalue weighted by atomic mass is 16.5. The lowest BCUT2D eigenvalue weighted by atomic mass is 9.97. The number of amides is 1. The summed E-state index contributed by atoms with van der Waals surface area (Å²) in [4.78, 5) is 19.8. The van der Waals surface area contributed by atoms with Crippen molar-refractivity contribution in [3.8, 4) is 22.5 Å². The van der Waals surface area contributed by atoms with E-state index >= 15 is 0 Å². The lowest BCUT2D eigenvalue weighted by Gasteiger charge is -2.26. The van der Waals surface area contributed by atoms with E-state index in [-0.39, 0.29) is 5.91 Å². The number of fused-ring (bicyclic) bond motifs is 3. The van der Waals surface area contributed by atoms with Crippen molar-refractivity contribution in [1.29, 1.82) is 0 Å². The number of H-pyrrole nitrogens is 1. The van der Waals surface area contributed by atoms with Crippen LogP contribution in [-0.4, -0.2) is 62.0 Å². The van der Waals surface area contributed by atoms with Gasteiger partial charge in [-0.3, -0.25) is 9.89 Å². The molecule has 0 unspecified atom stereocenters. The quantitative estimate of drug-likeness (QED) is 0.377. The highest BCUT2D eigenvalue weighted by Gasteiger charge is 2.27. The van der Waals surface area contributed by atoms with Crippen LogP contribution in [0.1, 0.15) is 34.7 Å². The Morgan fingerprint density at radius 2 is 1.95 bits per heavy atom. The van der Waals surface area contributed by atoms with Crippen molar-refractivity contribution in [3.63, 3.8) is 0 Å². The summed E-state index contributed by atoms with van der Waals surface area (Å²) in [7, 11) is 0. The standard InChI is InChI=1S/C28H28N6O3/c1-16-25(17(2)37-32-16)20-11-22-21-6-5-19(28(35)33-7-9-36-10-8-33)13-24(21)34(14-18-3-4-18)26(22)23(12-20)27-29-15-30-31-27/h5-6,11-13,15,18H,3-4,7-10,14H2,1-2H3,(H,29,30,31). The Hall–Kier alpha value is -3.98. The van der Waals surface area contributed by atoms with Crippen molar-refractivity contribution >= 4 is 27.7 Å². The maximum Gasteiger partial charge on any atom is 0.254 e. The molecule has 188 valence electrons. The second kappa shape index (κ2) is 8.55. The molecule has 7 rings (SSSR count). The average molecular weight is 497 g/mol. The summed E-state index contributed by atoms with van der Waals surface area (Å²) in [5.74, 6) is 2.11. The van der Waals surface area contributed by atoms with Gasteiger partial charge in [0.05, 0.1) is 24.4 Å². The first-order valence-corrected chi connectivity index (χ1v) is 12.8. The van der Waals surface area contributed by atoms with E-state index in [9.17, 15) is 4.79 Å². The molecule has 4 heterocycles. The van der Waals surface area contributed by atoms with Crippen LogP contribution in [0.5, 0.6) is 0 Å². The topological polar surface area (TPSA) is 102 Å². The Morgan fingerprint density at radius 3 is 2.65 bits per heavy atom. The van der Waals surface area contributed by atoms with Gasteiger partial charge in [-0.25, -0.2) is 4.98 Å². The van der Waals surface area contributed by atoms with Gasteiger partial charge in [0.25, 0.3) is 5.91 Å². The van der Waals surface area contributed by atoms with Crippen LogP contribution in [0.25, 0.3) is 44.3 Å². The molecule has 1 saturated carbocycles. The van der Waals surface area contributed by atoms with Gasteiger partial charge < -0.3 is 18.7 Å². The summed E-state index contributed by atoms with van der Waals surface area (Å²) in [6, 6.07) is 10.5. The Morgan fingerprint density at radius 1 is 1.11 bits per heavy atom. The molecule has 1 saturated heterocycles. The van der Waals surface area contributed by atoms with Gasteiger partial charge in [0.15, 0.2) is 5.82 Å². The van der Waals surface area contributed by atoms with E-state index in [0.29, 0.717) is 43.6 Å². The number of hydrogen-bond donors (Lipinski definition) is 1. The van der Waals surface area contributed by atoms with Crippen LogP contribution in [0.3, 0.4) is 0 Å². The predicted octanol–water partition coefficient (Wildman–Crippen LogP) is 4.73. The van der Waals surface area contributed by atoms with Crippen molar-refractivity contribution in [1.82, 2.24) is 29.8 Å². The first kappa shape index (κ1) is 22.2. The van der Waals surface area contributed by atoms with E-state index in [1.807, 2.05) is 24.8 Å². The number of carbonyl (C=O) groups excluding carboxylic acids is 1. The number of nitrogens with zero attached hydrogens (tertiary/aromatic N) is 5. The summed E-state index contributed by atoms with van der Waals surface area (Å²) >= 11 is 0. The van der Waals surface area contributed by atoms with Gasteiger partial charge in [0.1, 0.15) is 12.1 Å². The fourth-order valence-electron chi connectivity index (χ4n) is 5.61. The van der Waals surface area contributed by atoms with Crippen molar-refractivity contribution in [2.75, 3.05) is 26.3 Å². The normalized spacial score (nSPS) is 16.2. The van der Waals surface area contributed by atoms with Crippen LogP contribution in [-0.2, 0) is 11.3 Å². The zero-order valence-corrected chi connectivity index (χ0v) is 21.0. The Bertz CT molecular complexity index is 1620. The number of aromatic nitrogens is 5. The number of hydrogen-bond acceptors (Lipinski definition) is 6. The summed E-state index contributed by atoms with van der Waals surface area (Å²) in [5.41, 5.74) is 6.66. The van der Waals surface area contributed by atoms with Gasteiger partial charge >= 0.3 is 0 Å². The van der Waals surface area contributed by atoms with E-state index in [0.717, 1.165) is 56.5 Å². The lowest BCUT2D eigenvalue weighted by molar-refractivity contribution is 0.0303. The van der Waals surface area contributed by atoms with Crippen LogP contribution in [0.2, 0.25) is 0 Å². The number of morpholine rings is 1. The van der Waals surface area contributed by atoms with E-state index in [1.54, 1.807) is 6.33 Å². The third-order valence-electron chi connectivity index (χ3n) is 7.62. The highest BCUT2D eigenvalue weighted by molar-refractivity contribution is 6.15. The van der Waals surface area contributed by atoms with E-state index in [1.165, 1.54) is 12.8 Å². The fraction of sp³-hybridized carbons (Fsp3) is 0.357. The van der Waals surface area contributed by atoms with Gasteiger partial charge in [0.2, 0.25) is 0 Å². The number of aromatic amines is 1. The van der Waals surface area contributed by atoms with Crippen molar-refractivity contribution in [2.45, 2.75) is 33.2 Å². The molecule has 1 amide bonds. The summed E-state index contributed by atoms with van der Waals surface area (Å²) in [6.07, 6.45) is 4.05. The molecular weight excluding hydrogens is 468 g/mol. The van der Waals surface area contributed by atoms with Crippen molar-refractivity contribution < 1.29 is 14.1 Å². The maximum absolute atomic E-state index is 13.4. The molecule has 9 nitrogen and oxygen atoms in total. The summed E-state index contributed by atoms with van der Waals surface area (Å²) < 4.78 is 13.3. The number of nitrogens with one attached hydrogen (secondary N) is 1. The molecule has 0 radical (unpaired) electrons. The minimum atomic E-state index is 0.0547. The Labute approximate surface area is 213 Å². The number of carbonyl (C=O) groups is 1. The second-order valence-corrected chi connectivity index (χ2v) is 10.1. The van der Waals surface area contributed by atoms with Gasteiger partial charge in [-0.15, -0.1) is 0 Å². The first-order valence-electron chi connectivity index (χ1n) is 12.8. The minimum Gasteiger partial charge on any atom is -0.378 e.